The van der Waals surface area contributed by atoms with E-state index in [-0.39, 0.29) is 0 Å². The van der Waals surface area contributed by atoms with Crippen molar-refractivity contribution >= 4 is 11.0 Å². The van der Waals surface area contributed by atoms with Gasteiger partial charge >= 0.3 is 0 Å². The molecule has 0 aliphatic carbocycles. The van der Waals surface area contributed by atoms with Crippen molar-refractivity contribution < 1.29 is 4.52 Å². The highest BCUT2D eigenvalue weighted by Gasteiger charge is 2.13. The van der Waals surface area contributed by atoms with E-state index in [1.54, 1.807) is 19.3 Å². The molecule has 0 aliphatic heterocycles. The highest BCUT2D eigenvalue weighted by Crippen LogP contribution is 2.25. The van der Waals surface area contributed by atoms with Crippen LogP contribution in [0.4, 0.5) is 0 Å². The lowest BCUT2D eigenvalue weighted by Crippen LogP contribution is -1.88. The van der Waals surface area contributed by atoms with E-state index in [0.717, 1.165) is 16.6 Å². The lowest BCUT2D eigenvalue weighted by molar-refractivity contribution is 0.394. The molecule has 102 valence electrons. The molecule has 4 aromatic rings. The van der Waals surface area contributed by atoms with Gasteiger partial charge < -0.3 is 4.52 Å². The molecule has 4 aromatic heterocycles. The standard InChI is InChI=1S/C13H9N7O/c1-7-17-13(20-21-7)8-2-3-15-9(4-8)12-11-10(18-19-12)5-14-6-16-11/h2-6H,1H3,(H,18,19). The van der Waals surface area contributed by atoms with Crippen LogP contribution in [0.15, 0.2) is 35.4 Å². The first-order chi connectivity index (χ1) is 10.3. The van der Waals surface area contributed by atoms with Crippen LogP contribution in [0.3, 0.4) is 0 Å². The third kappa shape index (κ3) is 1.93. The van der Waals surface area contributed by atoms with E-state index < -0.39 is 0 Å². The molecule has 21 heavy (non-hydrogen) atoms. The Morgan fingerprint density at radius 3 is 3.05 bits per heavy atom. The van der Waals surface area contributed by atoms with Crippen molar-refractivity contribution in [3.63, 3.8) is 0 Å². The minimum atomic E-state index is 0.515. The van der Waals surface area contributed by atoms with E-state index in [2.05, 4.69) is 35.3 Å². The SMILES string of the molecule is Cc1nc(-c2ccnc(-c3n[nH]c4cncnc34)c2)no1. The maximum Gasteiger partial charge on any atom is 0.223 e. The van der Waals surface area contributed by atoms with Crippen molar-refractivity contribution in [3.8, 4) is 22.8 Å². The quantitative estimate of drug-likeness (QED) is 0.596. The molecular weight excluding hydrogens is 270 g/mol. The molecule has 1 N–H and O–H groups in total. The topological polar surface area (TPSA) is 106 Å². The summed E-state index contributed by atoms with van der Waals surface area (Å²) in [4.78, 5) is 16.7. The summed E-state index contributed by atoms with van der Waals surface area (Å²) < 4.78 is 5.00. The van der Waals surface area contributed by atoms with Gasteiger partial charge in [0.2, 0.25) is 11.7 Å². The average molecular weight is 279 g/mol. The van der Waals surface area contributed by atoms with E-state index >= 15 is 0 Å². The van der Waals surface area contributed by atoms with Gasteiger partial charge in [0.25, 0.3) is 0 Å². The molecule has 8 nitrogen and oxygen atoms in total. The summed E-state index contributed by atoms with van der Waals surface area (Å²) >= 11 is 0. The van der Waals surface area contributed by atoms with Gasteiger partial charge in [0, 0.05) is 18.7 Å². The van der Waals surface area contributed by atoms with Gasteiger partial charge in [-0.05, 0) is 12.1 Å². The number of hydrogen-bond donors (Lipinski definition) is 1. The Bertz CT molecular complexity index is 927. The van der Waals surface area contributed by atoms with Gasteiger partial charge in [-0.2, -0.15) is 10.1 Å². The number of nitrogens with one attached hydrogen (secondary N) is 1. The summed E-state index contributed by atoms with van der Waals surface area (Å²) in [6.45, 7) is 1.75. The Labute approximate surface area is 118 Å². The van der Waals surface area contributed by atoms with Crippen molar-refractivity contribution in [2.75, 3.05) is 0 Å². The van der Waals surface area contributed by atoms with E-state index in [0.29, 0.717) is 23.1 Å². The van der Waals surface area contributed by atoms with Crippen molar-refractivity contribution in [1.29, 1.82) is 0 Å². The molecule has 0 aliphatic rings. The van der Waals surface area contributed by atoms with Crippen LogP contribution in [-0.2, 0) is 0 Å². The zero-order chi connectivity index (χ0) is 14.2. The summed E-state index contributed by atoms with van der Waals surface area (Å²) in [5.74, 6) is 1.03. The van der Waals surface area contributed by atoms with Gasteiger partial charge in [-0.15, -0.1) is 0 Å². The van der Waals surface area contributed by atoms with Crippen molar-refractivity contribution in [2.24, 2.45) is 0 Å². The third-order valence-corrected chi connectivity index (χ3v) is 3.01. The Hall–Kier alpha value is -3.16. The molecule has 0 amide bonds. The second kappa shape index (κ2) is 4.44. The van der Waals surface area contributed by atoms with Crippen LogP contribution in [-0.4, -0.2) is 35.3 Å². The molecule has 0 spiro atoms. The molecule has 4 rings (SSSR count). The number of aromatic amines is 1. The highest BCUT2D eigenvalue weighted by atomic mass is 16.5. The molecule has 0 fully saturated rings. The fourth-order valence-corrected chi connectivity index (χ4v) is 2.06. The Morgan fingerprint density at radius 2 is 2.19 bits per heavy atom. The zero-order valence-corrected chi connectivity index (χ0v) is 11.0. The minimum absolute atomic E-state index is 0.515. The molecule has 0 aromatic carbocycles. The number of pyridine rings is 1. The second-order valence-electron chi connectivity index (χ2n) is 4.42. The number of H-pyrrole nitrogens is 1. The van der Waals surface area contributed by atoms with Crippen LogP contribution in [0, 0.1) is 6.92 Å². The molecular formula is C13H9N7O. The Kier molecular flexibility index (Phi) is 2.46. The molecule has 0 saturated carbocycles. The van der Waals surface area contributed by atoms with Crippen LogP contribution in [0.1, 0.15) is 5.89 Å². The van der Waals surface area contributed by atoms with Crippen LogP contribution in [0.5, 0.6) is 0 Å². The maximum absolute atomic E-state index is 5.00. The van der Waals surface area contributed by atoms with Crippen LogP contribution >= 0.6 is 0 Å². The molecule has 0 bridgehead atoms. The molecule has 4 heterocycles. The normalized spacial score (nSPS) is 11.1. The van der Waals surface area contributed by atoms with Crippen molar-refractivity contribution in [1.82, 2.24) is 35.3 Å². The van der Waals surface area contributed by atoms with Gasteiger partial charge in [-0.25, -0.2) is 9.97 Å². The van der Waals surface area contributed by atoms with Gasteiger partial charge in [-0.1, -0.05) is 5.16 Å². The molecule has 0 radical (unpaired) electrons. The number of fused-ring (bicyclic) bond motifs is 1. The van der Waals surface area contributed by atoms with E-state index in [9.17, 15) is 0 Å². The van der Waals surface area contributed by atoms with Crippen LogP contribution in [0.25, 0.3) is 33.8 Å². The predicted molar refractivity (Wildman–Crippen MR) is 72.9 cm³/mol. The van der Waals surface area contributed by atoms with Crippen LogP contribution in [0.2, 0.25) is 0 Å². The zero-order valence-electron chi connectivity index (χ0n) is 11.0. The second-order valence-corrected chi connectivity index (χ2v) is 4.42. The predicted octanol–water partition coefficient (Wildman–Crippen LogP) is 1.77. The lowest BCUT2D eigenvalue weighted by Gasteiger charge is -1.99. The highest BCUT2D eigenvalue weighted by molar-refractivity contribution is 5.88. The van der Waals surface area contributed by atoms with E-state index in [1.807, 2.05) is 12.1 Å². The number of aromatic nitrogens is 7. The fourth-order valence-electron chi connectivity index (χ4n) is 2.06. The number of nitrogens with zero attached hydrogens (tertiary/aromatic N) is 6. The first-order valence-electron chi connectivity index (χ1n) is 6.22. The van der Waals surface area contributed by atoms with E-state index in [1.165, 1.54) is 6.33 Å². The molecule has 0 saturated heterocycles. The first-order valence-corrected chi connectivity index (χ1v) is 6.22. The molecule has 0 unspecified atom stereocenters. The van der Waals surface area contributed by atoms with Crippen LogP contribution < -0.4 is 0 Å². The fraction of sp³-hybridized carbons (Fsp3) is 0.0769. The summed E-state index contributed by atoms with van der Waals surface area (Å²) in [6, 6.07) is 3.67. The summed E-state index contributed by atoms with van der Waals surface area (Å²) in [6.07, 6.45) is 4.83. The molecule has 0 atom stereocenters. The Morgan fingerprint density at radius 1 is 1.24 bits per heavy atom. The minimum Gasteiger partial charge on any atom is -0.339 e. The van der Waals surface area contributed by atoms with Gasteiger partial charge in [-0.3, -0.25) is 10.1 Å². The Balaban J connectivity index is 1.86. The molecule has 8 heteroatoms. The summed E-state index contributed by atoms with van der Waals surface area (Å²) in [5.41, 5.74) is 3.63. The van der Waals surface area contributed by atoms with Gasteiger partial charge in [0.05, 0.1) is 11.9 Å². The monoisotopic (exact) mass is 279 g/mol. The number of hydrogen-bond acceptors (Lipinski definition) is 7. The largest absolute Gasteiger partial charge is 0.339 e. The summed E-state index contributed by atoms with van der Waals surface area (Å²) in [5, 5.41) is 11.0. The van der Waals surface area contributed by atoms with E-state index in [4.69, 9.17) is 4.52 Å². The average Bonchev–Trinajstić information content (AvgIpc) is 3.13. The number of rotatable bonds is 2. The first kappa shape index (κ1) is 11.6. The summed E-state index contributed by atoms with van der Waals surface area (Å²) in [7, 11) is 0. The lowest BCUT2D eigenvalue weighted by atomic mass is 10.1. The smallest absolute Gasteiger partial charge is 0.223 e. The van der Waals surface area contributed by atoms with Gasteiger partial charge in [0.15, 0.2) is 0 Å². The van der Waals surface area contributed by atoms with Gasteiger partial charge in [0.1, 0.15) is 23.1 Å². The number of aryl methyl sites for hydroxylation is 1. The third-order valence-electron chi connectivity index (χ3n) is 3.01. The van der Waals surface area contributed by atoms with Crippen molar-refractivity contribution in [2.45, 2.75) is 6.92 Å². The maximum atomic E-state index is 5.00. The van der Waals surface area contributed by atoms with Crippen molar-refractivity contribution in [3.05, 3.63) is 36.7 Å².